The summed E-state index contributed by atoms with van der Waals surface area (Å²) in [5, 5.41) is 2.92. The van der Waals surface area contributed by atoms with Crippen LogP contribution in [0.3, 0.4) is 0 Å². The van der Waals surface area contributed by atoms with E-state index in [1.165, 1.54) is 0 Å². The van der Waals surface area contributed by atoms with E-state index in [2.05, 4.69) is 5.32 Å². The molecule has 3 N–H and O–H groups in total. The molecule has 1 aromatic rings. The molecule has 5 nitrogen and oxygen atoms in total. The molecular formula is C14H20N2O3. The van der Waals surface area contributed by atoms with E-state index < -0.39 is 0 Å². The van der Waals surface area contributed by atoms with E-state index in [0.717, 1.165) is 29.9 Å². The fraction of sp³-hybridized carbons (Fsp3) is 0.500. The van der Waals surface area contributed by atoms with Gasteiger partial charge in [0.05, 0.1) is 0 Å². The van der Waals surface area contributed by atoms with Crippen molar-refractivity contribution in [2.75, 3.05) is 13.3 Å². The van der Waals surface area contributed by atoms with Crippen molar-refractivity contribution >= 4 is 5.91 Å². The van der Waals surface area contributed by atoms with Crippen molar-refractivity contribution in [3.63, 3.8) is 0 Å². The van der Waals surface area contributed by atoms with Crippen LogP contribution in [0.2, 0.25) is 0 Å². The summed E-state index contributed by atoms with van der Waals surface area (Å²) in [7, 11) is 0. The predicted octanol–water partition coefficient (Wildman–Crippen LogP) is 1.41. The van der Waals surface area contributed by atoms with Gasteiger partial charge in [0.25, 0.3) is 0 Å². The highest BCUT2D eigenvalue weighted by Crippen LogP contribution is 2.32. The van der Waals surface area contributed by atoms with Gasteiger partial charge in [-0.3, -0.25) is 4.79 Å². The number of fused-ring (bicyclic) bond motifs is 1. The molecule has 1 heterocycles. The number of benzene rings is 1. The molecule has 0 saturated carbocycles. The van der Waals surface area contributed by atoms with Gasteiger partial charge in [0, 0.05) is 12.5 Å². The Morgan fingerprint density at radius 3 is 3.00 bits per heavy atom. The number of nitrogens with one attached hydrogen (secondary N) is 1. The summed E-state index contributed by atoms with van der Waals surface area (Å²) in [5.74, 6) is 1.55. The van der Waals surface area contributed by atoms with Crippen LogP contribution in [-0.2, 0) is 11.3 Å². The van der Waals surface area contributed by atoms with Gasteiger partial charge in [-0.05, 0) is 37.1 Å². The van der Waals surface area contributed by atoms with E-state index in [4.69, 9.17) is 15.2 Å². The highest BCUT2D eigenvalue weighted by Gasteiger charge is 2.15. The molecule has 1 amide bonds. The number of rotatable bonds is 6. The maximum atomic E-state index is 11.8. The second-order valence-electron chi connectivity index (χ2n) is 4.74. The standard InChI is InChI=1S/C14H20N2O3/c1-10(3-2-6-15)14(17)16-8-11-4-5-12-13(7-11)19-9-18-12/h4-5,7,10H,2-3,6,8-9,15H2,1H3,(H,16,17). The lowest BCUT2D eigenvalue weighted by molar-refractivity contribution is -0.124. The molecule has 1 atom stereocenters. The molecule has 0 fully saturated rings. The molecule has 104 valence electrons. The fourth-order valence-corrected chi connectivity index (χ4v) is 1.97. The first kappa shape index (κ1) is 13.7. The SMILES string of the molecule is CC(CCCN)C(=O)NCc1ccc2c(c1)OCO2. The maximum Gasteiger partial charge on any atom is 0.231 e. The number of ether oxygens (including phenoxy) is 2. The molecule has 0 bridgehead atoms. The molecule has 0 aromatic heterocycles. The quantitative estimate of drug-likeness (QED) is 0.814. The lowest BCUT2D eigenvalue weighted by Gasteiger charge is -2.11. The van der Waals surface area contributed by atoms with Gasteiger partial charge in [-0.2, -0.15) is 0 Å². The minimum Gasteiger partial charge on any atom is -0.454 e. The Bertz CT molecular complexity index is 448. The van der Waals surface area contributed by atoms with Gasteiger partial charge < -0.3 is 20.5 Å². The van der Waals surface area contributed by atoms with Crippen molar-refractivity contribution in [3.8, 4) is 11.5 Å². The lowest BCUT2D eigenvalue weighted by Crippen LogP contribution is -2.29. The fourth-order valence-electron chi connectivity index (χ4n) is 1.97. The first-order valence-electron chi connectivity index (χ1n) is 6.57. The zero-order valence-corrected chi connectivity index (χ0v) is 11.1. The number of nitrogens with two attached hydrogens (primary N) is 1. The molecule has 1 aliphatic heterocycles. The van der Waals surface area contributed by atoms with Gasteiger partial charge in [0.2, 0.25) is 12.7 Å². The Labute approximate surface area is 113 Å². The topological polar surface area (TPSA) is 73.6 Å². The Kier molecular flexibility index (Phi) is 4.63. The van der Waals surface area contributed by atoms with Crippen LogP contribution < -0.4 is 20.5 Å². The minimum atomic E-state index is -0.00226. The third kappa shape index (κ3) is 3.61. The van der Waals surface area contributed by atoms with Gasteiger partial charge in [-0.1, -0.05) is 13.0 Å². The molecule has 2 rings (SSSR count). The predicted molar refractivity (Wildman–Crippen MR) is 71.9 cm³/mol. The summed E-state index contributed by atoms with van der Waals surface area (Å²) < 4.78 is 10.5. The zero-order valence-electron chi connectivity index (χ0n) is 11.1. The van der Waals surface area contributed by atoms with Gasteiger partial charge in [-0.15, -0.1) is 0 Å². The molecule has 1 aromatic carbocycles. The van der Waals surface area contributed by atoms with Gasteiger partial charge in [0.15, 0.2) is 11.5 Å². The van der Waals surface area contributed by atoms with E-state index >= 15 is 0 Å². The van der Waals surface area contributed by atoms with Crippen LogP contribution in [0.4, 0.5) is 0 Å². The van der Waals surface area contributed by atoms with Crippen molar-refractivity contribution in [1.82, 2.24) is 5.32 Å². The molecule has 0 radical (unpaired) electrons. The minimum absolute atomic E-state index is 0.00226. The van der Waals surface area contributed by atoms with Crippen LogP contribution in [0.25, 0.3) is 0 Å². The second kappa shape index (κ2) is 6.43. The summed E-state index contributed by atoms with van der Waals surface area (Å²) >= 11 is 0. The van der Waals surface area contributed by atoms with E-state index in [1.54, 1.807) is 0 Å². The average Bonchev–Trinajstić information content (AvgIpc) is 2.89. The molecule has 0 spiro atoms. The first-order valence-corrected chi connectivity index (χ1v) is 6.57. The highest BCUT2D eigenvalue weighted by atomic mass is 16.7. The lowest BCUT2D eigenvalue weighted by atomic mass is 10.0. The Morgan fingerprint density at radius 2 is 2.21 bits per heavy atom. The van der Waals surface area contributed by atoms with E-state index in [9.17, 15) is 4.79 Å². The largest absolute Gasteiger partial charge is 0.454 e. The highest BCUT2D eigenvalue weighted by molar-refractivity contribution is 5.78. The van der Waals surface area contributed by atoms with E-state index in [1.807, 2.05) is 25.1 Å². The maximum absolute atomic E-state index is 11.8. The van der Waals surface area contributed by atoms with Crippen LogP contribution in [0, 0.1) is 5.92 Å². The number of carbonyl (C=O) groups is 1. The van der Waals surface area contributed by atoms with Crippen LogP contribution in [0.15, 0.2) is 18.2 Å². The number of hydrogen-bond acceptors (Lipinski definition) is 4. The molecular weight excluding hydrogens is 244 g/mol. The molecule has 1 unspecified atom stereocenters. The molecule has 1 aliphatic rings. The Morgan fingerprint density at radius 1 is 1.42 bits per heavy atom. The van der Waals surface area contributed by atoms with Crippen molar-refractivity contribution in [1.29, 1.82) is 0 Å². The van der Waals surface area contributed by atoms with Crippen LogP contribution in [0.1, 0.15) is 25.3 Å². The summed E-state index contributed by atoms with van der Waals surface area (Å²) in [6.07, 6.45) is 1.70. The Balaban J connectivity index is 1.83. The smallest absolute Gasteiger partial charge is 0.231 e. The van der Waals surface area contributed by atoms with Crippen molar-refractivity contribution in [3.05, 3.63) is 23.8 Å². The molecule has 0 aliphatic carbocycles. The second-order valence-corrected chi connectivity index (χ2v) is 4.74. The number of amides is 1. The third-order valence-corrected chi connectivity index (χ3v) is 3.19. The van der Waals surface area contributed by atoms with Crippen molar-refractivity contribution in [2.24, 2.45) is 11.7 Å². The van der Waals surface area contributed by atoms with Crippen molar-refractivity contribution < 1.29 is 14.3 Å². The van der Waals surface area contributed by atoms with Crippen LogP contribution in [-0.4, -0.2) is 19.2 Å². The third-order valence-electron chi connectivity index (χ3n) is 3.19. The summed E-state index contributed by atoms with van der Waals surface area (Å²) in [5.41, 5.74) is 6.44. The normalized spacial score (nSPS) is 14.2. The Hall–Kier alpha value is -1.75. The van der Waals surface area contributed by atoms with Gasteiger partial charge in [-0.25, -0.2) is 0 Å². The molecule has 19 heavy (non-hydrogen) atoms. The van der Waals surface area contributed by atoms with Gasteiger partial charge >= 0.3 is 0 Å². The first-order chi connectivity index (χ1) is 9.20. The van der Waals surface area contributed by atoms with E-state index in [-0.39, 0.29) is 18.6 Å². The number of hydrogen-bond donors (Lipinski definition) is 2. The molecule has 0 saturated heterocycles. The summed E-state index contributed by atoms with van der Waals surface area (Å²) in [4.78, 5) is 11.8. The van der Waals surface area contributed by atoms with E-state index in [0.29, 0.717) is 13.1 Å². The van der Waals surface area contributed by atoms with Crippen LogP contribution in [0.5, 0.6) is 11.5 Å². The summed E-state index contributed by atoms with van der Waals surface area (Å²) in [6.45, 7) is 3.31. The molecule has 5 heteroatoms. The monoisotopic (exact) mass is 264 g/mol. The zero-order chi connectivity index (χ0) is 13.7. The average molecular weight is 264 g/mol. The van der Waals surface area contributed by atoms with Gasteiger partial charge in [0.1, 0.15) is 0 Å². The van der Waals surface area contributed by atoms with Crippen molar-refractivity contribution in [2.45, 2.75) is 26.3 Å². The number of carbonyl (C=O) groups excluding carboxylic acids is 1. The van der Waals surface area contributed by atoms with Crippen LogP contribution >= 0.6 is 0 Å². The summed E-state index contributed by atoms with van der Waals surface area (Å²) in [6, 6.07) is 5.69.